The van der Waals surface area contributed by atoms with Gasteiger partial charge in [0.05, 0.1) is 11.8 Å². The molecule has 0 heterocycles. The summed E-state index contributed by atoms with van der Waals surface area (Å²) < 4.78 is 25.0. The standard InChI is InChI=1S/C18H28N2O4S/c1-12(2)13-5-4-6-14(8-7-13)19-18(22)16-11-15(9-10-17(16)21)20-25(3,23)24/h9-14,20-21H,4-8H2,1-3H3,(H,19,22)/t13-,14-/m1/s1. The molecule has 1 aromatic rings. The van der Waals surface area contributed by atoms with Crippen molar-refractivity contribution in [2.24, 2.45) is 11.8 Å². The van der Waals surface area contributed by atoms with Crippen molar-refractivity contribution in [3.05, 3.63) is 23.8 Å². The van der Waals surface area contributed by atoms with Gasteiger partial charge in [-0.15, -0.1) is 0 Å². The summed E-state index contributed by atoms with van der Waals surface area (Å²) in [6.07, 6.45) is 6.24. The first kappa shape index (κ1) is 19.6. The zero-order valence-electron chi connectivity index (χ0n) is 15.1. The zero-order chi connectivity index (χ0) is 18.6. The highest BCUT2D eigenvalue weighted by Gasteiger charge is 2.23. The summed E-state index contributed by atoms with van der Waals surface area (Å²) in [4.78, 5) is 12.5. The molecule has 3 N–H and O–H groups in total. The Kier molecular flexibility index (Phi) is 6.32. The van der Waals surface area contributed by atoms with Crippen LogP contribution >= 0.6 is 0 Å². The molecule has 1 aromatic carbocycles. The Morgan fingerprint density at radius 2 is 1.92 bits per heavy atom. The predicted octanol–water partition coefficient (Wildman–Crippen LogP) is 3.10. The second-order valence-corrected chi connectivity index (χ2v) is 9.04. The molecule has 140 valence electrons. The van der Waals surface area contributed by atoms with Crippen LogP contribution in [0.5, 0.6) is 5.75 Å². The van der Waals surface area contributed by atoms with E-state index in [1.54, 1.807) is 0 Å². The van der Waals surface area contributed by atoms with Crippen LogP contribution in [0.2, 0.25) is 0 Å². The van der Waals surface area contributed by atoms with E-state index in [-0.39, 0.29) is 28.9 Å². The van der Waals surface area contributed by atoms with E-state index in [0.717, 1.165) is 31.9 Å². The van der Waals surface area contributed by atoms with Gasteiger partial charge in [0, 0.05) is 11.7 Å². The first-order valence-electron chi connectivity index (χ1n) is 8.77. The Morgan fingerprint density at radius 3 is 2.56 bits per heavy atom. The normalized spacial score (nSPS) is 21.6. The van der Waals surface area contributed by atoms with Crippen molar-refractivity contribution in [2.45, 2.75) is 52.0 Å². The summed E-state index contributed by atoms with van der Waals surface area (Å²) >= 11 is 0. The third-order valence-electron chi connectivity index (χ3n) is 4.84. The minimum atomic E-state index is -3.44. The molecule has 2 atom stereocenters. The largest absolute Gasteiger partial charge is 0.507 e. The van der Waals surface area contributed by atoms with Crippen molar-refractivity contribution in [1.29, 1.82) is 0 Å². The number of phenolic OH excluding ortho intramolecular Hbond substituents is 1. The van der Waals surface area contributed by atoms with E-state index in [1.807, 2.05) is 0 Å². The molecule has 0 aliphatic heterocycles. The number of hydrogen-bond donors (Lipinski definition) is 3. The van der Waals surface area contributed by atoms with Crippen molar-refractivity contribution in [2.75, 3.05) is 11.0 Å². The molecule has 1 amide bonds. The lowest BCUT2D eigenvalue weighted by Crippen LogP contribution is -2.34. The maximum atomic E-state index is 12.5. The first-order chi connectivity index (χ1) is 11.7. The number of sulfonamides is 1. The number of phenols is 1. The van der Waals surface area contributed by atoms with Crippen LogP contribution in [-0.4, -0.2) is 31.7 Å². The lowest BCUT2D eigenvalue weighted by Gasteiger charge is -2.19. The third kappa shape index (κ3) is 5.92. The summed E-state index contributed by atoms with van der Waals surface area (Å²) in [6.45, 7) is 4.48. The number of amides is 1. The Hall–Kier alpha value is -1.76. The van der Waals surface area contributed by atoms with E-state index in [9.17, 15) is 18.3 Å². The van der Waals surface area contributed by atoms with Gasteiger partial charge in [-0.25, -0.2) is 8.42 Å². The number of carbonyl (C=O) groups is 1. The molecule has 0 saturated heterocycles. The van der Waals surface area contributed by atoms with Gasteiger partial charge < -0.3 is 10.4 Å². The summed E-state index contributed by atoms with van der Waals surface area (Å²) in [5.74, 6) is 0.808. The molecule has 0 radical (unpaired) electrons. The number of carbonyl (C=O) groups excluding carboxylic acids is 1. The fourth-order valence-electron chi connectivity index (χ4n) is 3.40. The molecule has 1 fully saturated rings. The SMILES string of the molecule is CC(C)[C@@H]1CCC[C@@H](NC(=O)c2cc(NS(C)(=O)=O)ccc2O)CC1. The molecule has 1 aliphatic rings. The van der Waals surface area contributed by atoms with Gasteiger partial charge in [0.1, 0.15) is 5.75 Å². The Balaban J connectivity index is 2.06. The van der Waals surface area contributed by atoms with Gasteiger partial charge in [-0.2, -0.15) is 0 Å². The second-order valence-electron chi connectivity index (χ2n) is 7.29. The van der Waals surface area contributed by atoms with Crippen molar-refractivity contribution >= 4 is 21.6 Å². The molecular formula is C18H28N2O4S. The lowest BCUT2D eigenvalue weighted by atomic mass is 9.89. The second kappa shape index (κ2) is 8.08. The Labute approximate surface area is 150 Å². The van der Waals surface area contributed by atoms with E-state index in [4.69, 9.17) is 0 Å². The minimum absolute atomic E-state index is 0.0818. The van der Waals surface area contributed by atoms with Gasteiger partial charge in [0.25, 0.3) is 5.91 Å². The number of nitrogens with one attached hydrogen (secondary N) is 2. The maximum Gasteiger partial charge on any atom is 0.255 e. The Morgan fingerprint density at radius 1 is 1.20 bits per heavy atom. The van der Waals surface area contributed by atoms with Crippen LogP contribution in [0, 0.1) is 11.8 Å². The highest BCUT2D eigenvalue weighted by Crippen LogP contribution is 2.29. The molecule has 1 aliphatic carbocycles. The van der Waals surface area contributed by atoms with Crippen molar-refractivity contribution in [3.63, 3.8) is 0 Å². The molecule has 6 nitrogen and oxygen atoms in total. The van der Waals surface area contributed by atoms with Crippen molar-refractivity contribution < 1.29 is 18.3 Å². The summed E-state index contributed by atoms with van der Waals surface area (Å²) in [5.41, 5.74) is 0.337. The highest BCUT2D eigenvalue weighted by atomic mass is 32.2. The van der Waals surface area contributed by atoms with Gasteiger partial charge >= 0.3 is 0 Å². The van der Waals surface area contributed by atoms with Crippen LogP contribution in [0.25, 0.3) is 0 Å². The van der Waals surface area contributed by atoms with Crippen LogP contribution in [0.15, 0.2) is 18.2 Å². The molecule has 25 heavy (non-hydrogen) atoms. The molecule has 1 saturated carbocycles. The quantitative estimate of drug-likeness (QED) is 0.550. The average Bonchev–Trinajstić information content (AvgIpc) is 2.73. The maximum absolute atomic E-state index is 12.5. The predicted molar refractivity (Wildman–Crippen MR) is 99.2 cm³/mol. The van der Waals surface area contributed by atoms with Crippen LogP contribution in [0.1, 0.15) is 56.3 Å². The molecule has 2 rings (SSSR count). The molecule has 0 unspecified atom stereocenters. The summed E-state index contributed by atoms with van der Waals surface area (Å²) in [7, 11) is -3.44. The van der Waals surface area contributed by atoms with Crippen LogP contribution in [-0.2, 0) is 10.0 Å². The van der Waals surface area contributed by atoms with Gasteiger partial charge in [0.2, 0.25) is 10.0 Å². The van der Waals surface area contributed by atoms with E-state index < -0.39 is 10.0 Å². The molecule has 0 spiro atoms. The monoisotopic (exact) mass is 368 g/mol. The lowest BCUT2D eigenvalue weighted by molar-refractivity contribution is 0.0930. The fraction of sp³-hybridized carbons (Fsp3) is 0.611. The molecular weight excluding hydrogens is 340 g/mol. The zero-order valence-corrected chi connectivity index (χ0v) is 15.9. The van der Waals surface area contributed by atoms with Gasteiger partial charge in [-0.05, 0) is 49.3 Å². The van der Waals surface area contributed by atoms with E-state index in [1.165, 1.54) is 24.6 Å². The first-order valence-corrected chi connectivity index (χ1v) is 10.7. The highest BCUT2D eigenvalue weighted by molar-refractivity contribution is 7.92. The van der Waals surface area contributed by atoms with E-state index in [0.29, 0.717) is 11.8 Å². The number of aromatic hydroxyl groups is 1. The number of anilines is 1. The van der Waals surface area contributed by atoms with Crippen molar-refractivity contribution in [1.82, 2.24) is 5.32 Å². The molecule has 7 heteroatoms. The van der Waals surface area contributed by atoms with Gasteiger partial charge in [-0.1, -0.05) is 26.7 Å². The Bertz CT molecular complexity index is 716. The van der Waals surface area contributed by atoms with Crippen LogP contribution < -0.4 is 10.0 Å². The van der Waals surface area contributed by atoms with Crippen LogP contribution in [0.3, 0.4) is 0 Å². The summed E-state index contributed by atoms with van der Waals surface area (Å²) in [5, 5.41) is 13.0. The minimum Gasteiger partial charge on any atom is -0.507 e. The van der Waals surface area contributed by atoms with Gasteiger partial charge in [0.15, 0.2) is 0 Å². The smallest absolute Gasteiger partial charge is 0.255 e. The topological polar surface area (TPSA) is 95.5 Å². The van der Waals surface area contributed by atoms with Gasteiger partial charge in [-0.3, -0.25) is 9.52 Å². The summed E-state index contributed by atoms with van der Waals surface area (Å²) in [6, 6.07) is 4.19. The number of hydrogen-bond acceptors (Lipinski definition) is 4. The van der Waals surface area contributed by atoms with E-state index in [2.05, 4.69) is 23.9 Å². The van der Waals surface area contributed by atoms with Crippen molar-refractivity contribution in [3.8, 4) is 5.75 Å². The molecule has 0 bridgehead atoms. The third-order valence-corrected chi connectivity index (χ3v) is 5.44. The van der Waals surface area contributed by atoms with E-state index >= 15 is 0 Å². The number of rotatable bonds is 5. The fourth-order valence-corrected chi connectivity index (χ4v) is 3.96. The van der Waals surface area contributed by atoms with Crippen LogP contribution in [0.4, 0.5) is 5.69 Å². The number of benzene rings is 1. The average molecular weight is 368 g/mol. The molecule has 0 aromatic heterocycles.